The summed E-state index contributed by atoms with van der Waals surface area (Å²) in [5, 5.41) is 11.8. The standard InChI is InChI=1S/C17H22N2O3/c1-12(18-13(2)20)16-4-3-9-19(11-16)10-14-5-7-15(8-6-14)17(21)22/h4-8,12H,3,9-11H2,1-2H3,(H,18,20)(H,21,22). The molecule has 2 rings (SSSR count). The molecule has 5 nitrogen and oxygen atoms in total. The van der Waals surface area contributed by atoms with Crippen molar-refractivity contribution in [2.45, 2.75) is 32.9 Å². The van der Waals surface area contributed by atoms with E-state index in [9.17, 15) is 9.59 Å². The van der Waals surface area contributed by atoms with Crippen LogP contribution in [0.5, 0.6) is 0 Å². The van der Waals surface area contributed by atoms with E-state index in [2.05, 4.69) is 16.3 Å². The molecule has 0 saturated heterocycles. The summed E-state index contributed by atoms with van der Waals surface area (Å²) >= 11 is 0. The summed E-state index contributed by atoms with van der Waals surface area (Å²) < 4.78 is 0. The average Bonchev–Trinajstić information content (AvgIpc) is 2.47. The van der Waals surface area contributed by atoms with Crippen LogP contribution in [-0.2, 0) is 11.3 Å². The quantitative estimate of drug-likeness (QED) is 0.817. The van der Waals surface area contributed by atoms with Crippen molar-refractivity contribution < 1.29 is 14.7 Å². The number of benzene rings is 1. The average molecular weight is 302 g/mol. The summed E-state index contributed by atoms with van der Waals surface area (Å²) in [4.78, 5) is 24.3. The second-order valence-electron chi connectivity index (χ2n) is 5.70. The Hall–Kier alpha value is -2.14. The largest absolute Gasteiger partial charge is 0.478 e. The number of carbonyl (C=O) groups excluding carboxylic acids is 1. The van der Waals surface area contributed by atoms with Gasteiger partial charge in [-0.25, -0.2) is 4.79 Å². The first-order chi connectivity index (χ1) is 10.5. The van der Waals surface area contributed by atoms with Gasteiger partial charge in [-0.15, -0.1) is 0 Å². The van der Waals surface area contributed by atoms with E-state index in [0.29, 0.717) is 5.56 Å². The number of hydrogen-bond acceptors (Lipinski definition) is 3. The molecule has 1 heterocycles. The van der Waals surface area contributed by atoms with Crippen LogP contribution in [0.2, 0.25) is 0 Å². The van der Waals surface area contributed by atoms with Gasteiger partial charge in [0.25, 0.3) is 0 Å². The number of carboxylic acid groups (broad SMARTS) is 1. The summed E-state index contributed by atoms with van der Waals surface area (Å²) in [6.07, 6.45) is 3.16. The molecule has 22 heavy (non-hydrogen) atoms. The maximum Gasteiger partial charge on any atom is 0.335 e. The van der Waals surface area contributed by atoms with Gasteiger partial charge in [0.1, 0.15) is 0 Å². The highest BCUT2D eigenvalue weighted by molar-refractivity contribution is 5.87. The van der Waals surface area contributed by atoms with Crippen LogP contribution in [-0.4, -0.2) is 41.0 Å². The lowest BCUT2D eigenvalue weighted by atomic mass is 10.0. The van der Waals surface area contributed by atoms with Crippen LogP contribution in [0.4, 0.5) is 0 Å². The molecule has 1 aromatic rings. The highest BCUT2D eigenvalue weighted by atomic mass is 16.4. The second-order valence-corrected chi connectivity index (χ2v) is 5.70. The Balaban J connectivity index is 1.95. The minimum absolute atomic E-state index is 0.0187. The van der Waals surface area contributed by atoms with Crippen LogP contribution < -0.4 is 5.32 Å². The number of hydrogen-bond donors (Lipinski definition) is 2. The molecule has 1 amide bonds. The molecule has 1 unspecified atom stereocenters. The van der Waals surface area contributed by atoms with Crippen molar-refractivity contribution in [3.05, 3.63) is 47.0 Å². The highest BCUT2D eigenvalue weighted by Crippen LogP contribution is 2.16. The SMILES string of the molecule is CC(=O)NC(C)C1=CCCN(Cc2ccc(C(=O)O)cc2)C1. The number of carbonyl (C=O) groups is 2. The summed E-state index contributed by atoms with van der Waals surface area (Å²) in [7, 11) is 0. The van der Waals surface area contributed by atoms with E-state index < -0.39 is 5.97 Å². The molecular weight excluding hydrogens is 280 g/mol. The zero-order valence-corrected chi connectivity index (χ0v) is 13.0. The van der Waals surface area contributed by atoms with Gasteiger partial charge >= 0.3 is 5.97 Å². The third kappa shape index (κ3) is 4.43. The minimum Gasteiger partial charge on any atom is -0.478 e. The van der Waals surface area contributed by atoms with Gasteiger partial charge in [0.2, 0.25) is 5.91 Å². The Bertz CT molecular complexity index is 578. The lowest BCUT2D eigenvalue weighted by Gasteiger charge is -2.30. The molecule has 1 aliphatic rings. The fourth-order valence-corrected chi connectivity index (χ4v) is 2.69. The molecule has 1 aliphatic heterocycles. The molecule has 0 spiro atoms. The Labute approximate surface area is 130 Å². The lowest BCUT2D eigenvalue weighted by molar-refractivity contribution is -0.119. The van der Waals surface area contributed by atoms with E-state index in [-0.39, 0.29) is 11.9 Å². The van der Waals surface area contributed by atoms with E-state index in [1.165, 1.54) is 12.5 Å². The Kier molecular flexibility index (Phi) is 5.33. The summed E-state index contributed by atoms with van der Waals surface area (Å²) in [6, 6.07) is 7.04. The molecule has 0 aliphatic carbocycles. The van der Waals surface area contributed by atoms with E-state index in [4.69, 9.17) is 5.11 Å². The molecule has 118 valence electrons. The van der Waals surface area contributed by atoms with Crippen LogP contribution >= 0.6 is 0 Å². The van der Waals surface area contributed by atoms with Crippen molar-refractivity contribution in [2.75, 3.05) is 13.1 Å². The van der Waals surface area contributed by atoms with Crippen molar-refractivity contribution in [1.29, 1.82) is 0 Å². The van der Waals surface area contributed by atoms with Gasteiger partial charge in [0, 0.05) is 32.6 Å². The molecule has 0 aromatic heterocycles. The number of rotatable bonds is 5. The van der Waals surface area contributed by atoms with E-state index in [1.54, 1.807) is 12.1 Å². The first-order valence-electron chi connectivity index (χ1n) is 7.46. The predicted molar refractivity (Wildman–Crippen MR) is 84.7 cm³/mol. The Morgan fingerprint density at radius 1 is 1.32 bits per heavy atom. The maximum atomic E-state index is 11.2. The Morgan fingerprint density at radius 2 is 2.00 bits per heavy atom. The van der Waals surface area contributed by atoms with Crippen molar-refractivity contribution in [3.63, 3.8) is 0 Å². The third-order valence-corrected chi connectivity index (χ3v) is 3.84. The molecule has 0 saturated carbocycles. The van der Waals surface area contributed by atoms with E-state index in [0.717, 1.165) is 31.6 Å². The molecule has 1 aromatic carbocycles. The molecule has 0 radical (unpaired) electrons. The first-order valence-corrected chi connectivity index (χ1v) is 7.46. The zero-order chi connectivity index (χ0) is 16.1. The maximum absolute atomic E-state index is 11.2. The number of nitrogens with zero attached hydrogens (tertiary/aromatic N) is 1. The van der Waals surface area contributed by atoms with Gasteiger partial charge in [-0.3, -0.25) is 9.69 Å². The first kappa shape index (κ1) is 16.2. The fraction of sp³-hybridized carbons (Fsp3) is 0.412. The summed E-state index contributed by atoms with van der Waals surface area (Å²) in [6.45, 7) is 6.10. The smallest absolute Gasteiger partial charge is 0.335 e. The van der Waals surface area contributed by atoms with Crippen LogP contribution in [0, 0.1) is 0 Å². The summed E-state index contributed by atoms with van der Waals surface area (Å²) in [5.74, 6) is -0.923. The van der Waals surface area contributed by atoms with Gasteiger partial charge < -0.3 is 10.4 Å². The number of aromatic carboxylic acids is 1. The van der Waals surface area contributed by atoms with Gasteiger partial charge in [-0.1, -0.05) is 18.2 Å². The van der Waals surface area contributed by atoms with Gasteiger partial charge in [0.05, 0.1) is 5.56 Å². The van der Waals surface area contributed by atoms with E-state index >= 15 is 0 Å². The van der Waals surface area contributed by atoms with Crippen molar-refractivity contribution in [2.24, 2.45) is 0 Å². The van der Waals surface area contributed by atoms with Crippen LogP contribution in [0.25, 0.3) is 0 Å². The van der Waals surface area contributed by atoms with Gasteiger partial charge in [0.15, 0.2) is 0 Å². The second kappa shape index (κ2) is 7.22. The predicted octanol–water partition coefficient (Wildman–Crippen LogP) is 2.04. The number of amides is 1. The van der Waals surface area contributed by atoms with Crippen LogP contribution in [0.3, 0.4) is 0 Å². The zero-order valence-electron chi connectivity index (χ0n) is 13.0. The topological polar surface area (TPSA) is 69.6 Å². The van der Waals surface area contributed by atoms with Crippen molar-refractivity contribution in [1.82, 2.24) is 10.2 Å². The molecule has 1 atom stereocenters. The third-order valence-electron chi connectivity index (χ3n) is 3.84. The molecule has 2 N–H and O–H groups in total. The normalized spacial score (nSPS) is 16.7. The lowest BCUT2D eigenvalue weighted by Crippen LogP contribution is -2.39. The van der Waals surface area contributed by atoms with Crippen LogP contribution in [0.15, 0.2) is 35.9 Å². The van der Waals surface area contributed by atoms with Crippen molar-refractivity contribution in [3.8, 4) is 0 Å². The van der Waals surface area contributed by atoms with E-state index in [1.807, 2.05) is 19.1 Å². The number of carboxylic acids is 1. The molecule has 5 heteroatoms. The highest BCUT2D eigenvalue weighted by Gasteiger charge is 2.18. The van der Waals surface area contributed by atoms with Crippen LogP contribution in [0.1, 0.15) is 36.2 Å². The number of nitrogens with one attached hydrogen (secondary N) is 1. The monoisotopic (exact) mass is 302 g/mol. The molecule has 0 fully saturated rings. The van der Waals surface area contributed by atoms with Crippen molar-refractivity contribution >= 4 is 11.9 Å². The summed E-state index contributed by atoms with van der Waals surface area (Å²) in [5.41, 5.74) is 2.63. The fourth-order valence-electron chi connectivity index (χ4n) is 2.69. The minimum atomic E-state index is -0.904. The van der Waals surface area contributed by atoms with Gasteiger partial charge in [-0.2, -0.15) is 0 Å². The Morgan fingerprint density at radius 3 is 2.59 bits per heavy atom. The van der Waals surface area contributed by atoms with Gasteiger partial charge in [-0.05, 0) is 36.6 Å². The molecular formula is C17H22N2O3. The molecule has 0 bridgehead atoms.